The minimum atomic E-state index is 0.611. The van der Waals surface area contributed by atoms with E-state index in [1.807, 2.05) is 0 Å². The van der Waals surface area contributed by atoms with Crippen molar-refractivity contribution in [2.75, 3.05) is 18.5 Å². The lowest BCUT2D eigenvalue weighted by Crippen LogP contribution is -2.13. The van der Waals surface area contributed by atoms with Crippen LogP contribution in [-0.2, 0) is 11.3 Å². The van der Waals surface area contributed by atoms with Crippen LogP contribution in [0.2, 0.25) is 0 Å². The van der Waals surface area contributed by atoms with Gasteiger partial charge in [-0.3, -0.25) is 0 Å². The molecule has 1 saturated carbocycles. The molecule has 4 nitrogen and oxygen atoms in total. The molecule has 5 heteroatoms. The highest BCUT2D eigenvalue weighted by atomic mass is 32.1. The van der Waals surface area contributed by atoms with Gasteiger partial charge < -0.3 is 10.1 Å². The van der Waals surface area contributed by atoms with Crippen molar-refractivity contribution in [3.63, 3.8) is 0 Å². The van der Waals surface area contributed by atoms with Crippen molar-refractivity contribution in [1.82, 2.24) is 10.2 Å². The van der Waals surface area contributed by atoms with Gasteiger partial charge in [0.15, 0.2) is 0 Å². The maximum atomic E-state index is 5.73. The van der Waals surface area contributed by atoms with Gasteiger partial charge in [-0.25, -0.2) is 0 Å². The Morgan fingerprint density at radius 1 is 1.29 bits per heavy atom. The first-order valence-electron chi connectivity index (χ1n) is 6.52. The van der Waals surface area contributed by atoms with Gasteiger partial charge in [-0.2, -0.15) is 0 Å². The summed E-state index contributed by atoms with van der Waals surface area (Å²) in [6.07, 6.45) is 6.81. The van der Waals surface area contributed by atoms with Crippen LogP contribution in [0.25, 0.3) is 0 Å². The molecule has 0 saturated heterocycles. The molecule has 1 aromatic heterocycles. The number of hydrogen-bond donors (Lipinski definition) is 1. The lowest BCUT2D eigenvalue weighted by molar-refractivity contribution is 0.0735. The summed E-state index contributed by atoms with van der Waals surface area (Å²) in [5.41, 5.74) is 0. The lowest BCUT2D eigenvalue weighted by Gasteiger charge is -2.20. The van der Waals surface area contributed by atoms with E-state index in [1.165, 1.54) is 32.1 Å². The van der Waals surface area contributed by atoms with Gasteiger partial charge in [0.1, 0.15) is 11.6 Å². The molecule has 1 N–H and O–H groups in total. The average molecular weight is 255 g/mol. The summed E-state index contributed by atoms with van der Waals surface area (Å²) in [5, 5.41) is 13.2. The van der Waals surface area contributed by atoms with Crippen molar-refractivity contribution < 1.29 is 4.74 Å². The third-order valence-electron chi connectivity index (χ3n) is 3.10. The first-order chi connectivity index (χ1) is 8.38. The SMILES string of the molecule is CCNc1nnc(COCC2CCCCC2)s1. The Morgan fingerprint density at radius 3 is 2.88 bits per heavy atom. The molecule has 1 heterocycles. The lowest BCUT2D eigenvalue weighted by atomic mass is 9.90. The highest BCUT2D eigenvalue weighted by molar-refractivity contribution is 7.15. The Morgan fingerprint density at radius 2 is 2.12 bits per heavy atom. The molecule has 1 aliphatic carbocycles. The topological polar surface area (TPSA) is 47.0 Å². The van der Waals surface area contributed by atoms with Gasteiger partial charge in [-0.1, -0.05) is 30.6 Å². The van der Waals surface area contributed by atoms with Gasteiger partial charge in [0, 0.05) is 13.2 Å². The van der Waals surface area contributed by atoms with E-state index in [4.69, 9.17) is 4.74 Å². The number of aromatic nitrogens is 2. The highest BCUT2D eigenvalue weighted by Crippen LogP contribution is 2.24. The van der Waals surface area contributed by atoms with Crippen LogP contribution in [0.3, 0.4) is 0 Å². The van der Waals surface area contributed by atoms with E-state index in [9.17, 15) is 0 Å². The summed E-state index contributed by atoms with van der Waals surface area (Å²) in [6.45, 7) is 4.44. The minimum Gasteiger partial charge on any atom is -0.374 e. The molecule has 0 aromatic carbocycles. The molecule has 1 aromatic rings. The largest absolute Gasteiger partial charge is 0.374 e. The fraction of sp³-hybridized carbons (Fsp3) is 0.833. The molecule has 1 fully saturated rings. The molecular formula is C12H21N3OS. The molecule has 0 radical (unpaired) electrons. The molecule has 96 valence electrons. The summed E-state index contributed by atoms with van der Waals surface area (Å²) < 4.78 is 5.73. The Kier molecular flexibility index (Phi) is 5.19. The molecule has 0 amide bonds. The van der Waals surface area contributed by atoms with E-state index in [-0.39, 0.29) is 0 Å². The molecule has 0 bridgehead atoms. The zero-order valence-corrected chi connectivity index (χ0v) is 11.3. The molecular weight excluding hydrogens is 234 g/mol. The van der Waals surface area contributed by atoms with Gasteiger partial charge in [0.2, 0.25) is 5.13 Å². The van der Waals surface area contributed by atoms with Gasteiger partial charge in [0.25, 0.3) is 0 Å². The summed E-state index contributed by atoms with van der Waals surface area (Å²) in [6, 6.07) is 0. The van der Waals surface area contributed by atoms with Gasteiger partial charge >= 0.3 is 0 Å². The minimum absolute atomic E-state index is 0.611. The zero-order valence-electron chi connectivity index (χ0n) is 10.4. The van der Waals surface area contributed by atoms with Gasteiger partial charge in [-0.05, 0) is 25.7 Å². The molecule has 17 heavy (non-hydrogen) atoms. The number of ether oxygens (including phenoxy) is 1. The van der Waals surface area contributed by atoms with Crippen molar-refractivity contribution in [3.8, 4) is 0 Å². The normalized spacial score (nSPS) is 17.2. The molecule has 0 atom stereocenters. The van der Waals surface area contributed by atoms with E-state index < -0.39 is 0 Å². The Bertz CT molecular complexity index is 323. The van der Waals surface area contributed by atoms with Crippen LogP contribution in [0.15, 0.2) is 0 Å². The summed E-state index contributed by atoms with van der Waals surface area (Å²) in [5.74, 6) is 0.768. The highest BCUT2D eigenvalue weighted by Gasteiger charge is 2.13. The smallest absolute Gasteiger partial charge is 0.205 e. The van der Waals surface area contributed by atoms with E-state index >= 15 is 0 Å². The van der Waals surface area contributed by atoms with Crippen LogP contribution in [0.4, 0.5) is 5.13 Å². The first-order valence-corrected chi connectivity index (χ1v) is 7.34. The van der Waals surface area contributed by atoms with E-state index in [0.717, 1.165) is 29.2 Å². The molecule has 0 unspecified atom stereocenters. The van der Waals surface area contributed by atoms with Crippen molar-refractivity contribution >= 4 is 16.5 Å². The standard InChI is InChI=1S/C12H21N3OS/c1-2-13-12-15-14-11(17-12)9-16-8-10-6-4-3-5-7-10/h10H,2-9H2,1H3,(H,13,15). The average Bonchev–Trinajstić information content (AvgIpc) is 2.79. The molecule has 0 spiro atoms. The van der Waals surface area contributed by atoms with E-state index in [2.05, 4.69) is 22.4 Å². The summed E-state index contributed by atoms with van der Waals surface area (Å²) in [4.78, 5) is 0. The fourth-order valence-corrected chi connectivity index (χ4v) is 2.95. The fourth-order valence-electron chi connectivity index (χ4n) is 2.20. The van der Waals surface area contributed by atoms with Crippen molar-refractivity contribution in [2.24, 2.45) is 5.92 Å². The quantitative estimate of drug-likeness (QED) is 0.848. The molecule has 0 aliphatic heterocycles. The Labute approximate surface area is 107 Å². The number of nitrogens with zero attached hydrogens (tertiary/aromatic N) is 2. The third-order valence-corrected chi connectivity index (χ3v) is 3.95. The first kappa shape index (κ1) is 12.8. The molecule has 2 rings (SSSR count). The summed E-state index contributed by atoms with van der Waals surface area (Å²) >= 11 is 1.59. The van der Waals surface area contributed by atoms with Crippen LogP contribution in [-0.4, -0.2) is 23.3 Å². The number of hydrogen-bond acceptors (Lipinski definition) is 5. The van der Waals surface area contributed by atoms with Gasteiger partial charge in [0.05, 0.1) is 0 Å². The predicted molar refractivity (Wildman–Crippen MR) is 70.3 cm³/mol. The second-order valence-electron chi connectivity index (χ2n) is 4.55. The van der Waals surface area contributed by atoms with Crippen LogP contribution >= 0.6 is 11.3 Å². The van der Waals surface area contributed by atoms with Crippen LogP contribution < -0.4 is 5.32 Å². The van der Waals surface area contributed by atoms with Gasteiger partial charge in [-0.15, -0.1) is 10.2 Å². The van der Waals surface area contributed by atoms with E-state index in [0.29, 0.717) is 6.61 Å². The van der Waals surface area contributed by atoms with Crippen LogP contribution in [0.1, 0.15) is 44.0 Å². The maximum absolute atomic E-state index is 5.73. The van der Waals surface area contributed by atoms with E-state index in [1.54, 1.807) is 11.3 Å². The molecule has 1 aliphatic rings. The van der Waals surface area contributed by atoms with Crippen molar-refractivity contribution in [2.45, 2.75) is 45.6 Å². The summed E-state index contributed by atoms with van der Waals surface area (Å²) in [7, 11) is 0. The second-order valence-corrected chi connectivity index (χ2v) is 5.61. The van der Waals surface area contributed by atoms with Crippen molar-refractivity contribution in [1.29, 1.82) is 0 Å². The Balaban J connectivity index is 1.66. The monoisotopic (exact) mass is 255 g/mol. The Hall–Kier alpha value is -0.680. The van der Waals surface area contributed by atoms with Crippen LogP contribution in [0, 0.1) is 5.92 Å². The van der Waals surface area contributed by atoms with Crippen molar-refractivity contribution in [3.05, 3.63) is 5.01 Å². The maximum Gasteiger partial charge on any atom is 0.205 e. The van der Waals surface area contributed by atoms with Crippen LogP contribution in [0.5, 0.6) is 0 Å². The second kappa shape index (κ2) is 6.91. The number of rotatable bonds is 6. The number of anilines is 1. The number of nitrogens with one attached hydrogen (secondary N) is 1. The predicted octanol–water partition coefficient (Wildman–Crippen LogP) is 3.07. The third kappa shape index (κ3) is 4.24. The zero-order chi connectivity index (χ0) is 11.9.